The van der Waals surface area contributed by atoms with Gasteiger partial charge in [0.25, 0.3) is 17.5 Å². The maximum atomic E-state index is 13.2. The second kappa shape index (κ2) is 8.14. The Labute approximate surface area is 174 Å². The van der Waals surface area contributed by atoms with Crippen LogP contribution in [0.2, 0.25) is 0 Å². The smallest absolute Gasteiger partial charge is 0.293 e. The van der Waals surface area contributed by atoms with Gasteiger partial charge in [-0.1, -0.05) is 12.1 Å². The summed E-state index contributed by atoms with van der Waals surface area (Å²) in [5, 5.41) is 17.3. The first-order valence-electron chi connectivity index (χ1n) is 10.1. The Morgan fingerprint density at radius 2 is 1.73 bits per heavy atom. The van der Waals surface area contributed by atoms with E-state index in [2.05, 4.69) is 10.6 Å². The molecule has 4 rings (SSSR count). The molecule has 0 atom stereocenters. The molecule has 0 radical (unpaired) electrons. The number of nitrogens with zero attached hydrogens (tertiary/aromatic N) is 2. The first kappa shape index (κ1) is 19.9. The van der Waals surface area contributed by atoms with Crippen molar-refractivity contribution < 1.29 is 14.5 Å². The van der Waals surface area contributed by atoms with Crippen LogP contribution in [-0.4, -0.2) is 40.8 Å². The van der Waals surface area contributed by atoms with Crippen LogP contribution in [0.4, 0.5) is 11.4 Å². The molecule has 0 saturated heterocycles. The number of hydrogen-bond acceptors (Lipinski definition) is 5. The SMILES string of the molecule is CNC(=O)c1ccc(CN(C(=O)c2ccc(NC3CC3)c([N+](=O)[O-])c2)C2CC2)cc1. The van der Waals surface area contributed by atoms with E-state index in [0.717, 1.165) is 31.2 Å². The van der Waals surface area contributed by atoms with Gasteiger partial charge in [0.05, 0.1) is 4.92 Å². The van der Waals surface area contributed by atoms with Crippen LogP contribution in [-0.2, 0) is 6.54 Å². The first-order valence-corrected chi connectivity index (χ1v) is 10.1. The standard InChI is InChI=1S/C22H24N4O4/c1-23-21(27)15-4-2-14(3-5-15)13-25(18-9-10-18)22(28)16-6-11-19(24-17-7-8-17)20(12-16)26(29)30/h2-6,11-12,17-18,24H,7-10,13H2,1H3,(H,23,27). The van der Waals surface area contributed by atoms with Gasteiger partial charge in [0.1, 0.15) is 5.69 Å². The minimum Gasteiger partial charge on any atom is -0.377 e. The molecular formula is C22H24N4O4. The lowest BCUT2D eigenvalue weighted by Gasteiger charge is -2.23. The molecule has 0 spiro atoms. The molecule has 2 fully saturated rings. The molecule has 8 nitrogen and oxygen atoms in total. The van der Waals surface area contributed by atoms with Crippen LogP contribution in [0.5, 0.6) is 0 Å². The molecule has 2 aliphatic rings. The third kappa shape index (κ3) is 4.42. The summed E-state index contributed by atoms with van der Waals surface area (Å²) < 4.78 is 0. The van der Waals surface area contributed by atoms with E-state index in [9.17, 15) is 19.7 Å². The Morgan fingerprint density at radius 1 is 1.07 bits per heavy atom. The summed E-state index contributed by atoms with van der Waals surface area (Å²) >= 11 is 0. The molecule has 0 bridgehead atoms. The highest BCUT2D eigenvalue weighted by molar-refractivity contribution is 5.96. The summed E-state index contributed by atoms with van der Waals surface area (Å²) in [7, 11) is 1.58. The van der Waals surface area contributed by atoms with Gasteiger partial charge in [-0.15, -0.1) is 0 Å². The molecule has 0 heterocycles. The molecular weight excluding hydrogens is 384 g/mol. The number of nitro benzene ring substituents is 1. The van der Waals surface area contributed by atoms with Crippen LogP contribution < -0.4 is 10.6 Å². The number of benzene rings is 2. The predicted octanol–water partition coefficient (Wildman–Crippen LogP) is 3.33. The quantitative estimate of drug-likeness (QED) is 0.515. The van der Waals surface area contributed by atoms with E-state index in [-0.39, 0.29) is 29.6 Å². The minimum absolute atomic E-state index is 0.0709. The summed E-state index contributed by atoms with van der Waals surface area (Å²) in [5.41, 5.74) is 2.17. The van der Waals surface area contributed by atoms with Crippen molar-refractivity contribution in [2.45, 2.75) is 44.3 Å². The van der Waals surface area contributed by atoms with Gasteiger partial charge in [-0.05, 0) is 55.5 Å². The highest BCUT2D eigenvalue weighted by atomic mass is 16.6. The van der Waals surface area contributed by atoms with Crippen LogP contribution in [0.1, 0.15) is 52.0 Å². The largest absolute Gasteiger partial charge is 0.377 e. The van der Waals surface area contributed by atoms with Crippen LogP contribution in [0, 0.1) is 10.1 Å². The number of carbonyl (C=O) groups is 2. The van der Waals surface area contributed by atoms with Crippen molar-refractivity contribution >= 4 is 23.2 Å². The zero-order valence-corrected chi connectivity index (χ0v) is 16.8. The summed E-state index contributed by atoms with van der Waals surface area (Å²) in [6, 6.07) is 12.2. The lowest BCUT2D eigenvalue weighted by atomic mass is 10.1. The number of carbonyl (C=O) groups excluding carboxylic acids is 2. The van der Waals surface area contributed by atoms with E-state index in [4.69, 9.17) is 0 Å². The van der Waals surface area contributed by atoms with Crippen molar-refractivity contribution in [3.05, 3.63) is 69.3 Å². The second-order valence-electron chi connectivity index (χ2n) is 7.85. The van der Waals surface area contributed by atoms with Gasteiger partial charge in [-0.25, -0.2) is 0 Å². The molecule has 156 valence electrons. The lowest BCUT2D eigenvalue weighted by Crippen LogP contribution is -2.32. The lowest BCUT2D eigenvalue weighted by molar-refractivity contribution is -0.384. The molecule has 2 amide bonds. The van der Waals surface area contributed by atoms with Crippen molar-refractivity contribution in [3.63, 3.8) is 0 Å². The van der Waals surface area contributed by atoms with Crippen LogP contribution >= 0.6 is 0 Å². The molecule has 2 aromatic carbocycles. The van der Waals surface area contributed by atoms with Crippen molar-refractivity contribution in [1.29, 1.82) is 0 Å². The summed E-state index contributed by atoms with van der Waals surface area (Å²) in [6.45, 7) is 0.396. The topological polar surface area (TPSA) is 105 Å². The van der Waals surface area contributed by atoms with Crippen LogP contribution in [0.25, 0.3) is 0 Å². The van der Waals surface area contributed by atoms with Crippen molar-refractivity contribution in [1.82, 2.24) is 10.2 Å². The van der Waals surface area contributed by atoms with Gasteiger partial charge in [0, 0.05) is 42.9 Å². The Morgan fingerprint density at radius 3 is 2.30 bits per heavy atom. The summed E-state index contributed by atoms with van der Waals surface area (Å²) in [4.78, 5) is 37.7. The van der Waals surface area contributed by atoms with E-state index >= 15 is 0 Å². The number of hydrogen-bond donors (Lipinski definition) is 2. The number of anilines is 1. The maximum absolute atomic E-state index is 13.2. The highest BCUT2D eigenvalue weighted by Crippen LogP contribution is 2.34. The zero-order valence-electron chi connectivity index (χ0n) is 16.8. The minimum atomic E-state index is -0.444. The van der Waals surface area contributed by atoms with Gasteiger partial charge in [-0.2, -0.15) is 0 Å². The molecule has 8 heteroatoms. The number of nitro groups is 1. The molecule has 30 heavy (non-hydrogen) atoms. The average Bonchev–Trinajstić information content (AvgIpc) is 3.66. The van der Waals surface area contributed by atoms with Gasteiger partial charge in [-0.3, -0.25) is 19.7 Å². The Hall–Kier alpha value is -3.42. The van der Waals surface area contributed by atoms with E-state index in [1.54, 1.807) is 36.2 Å². The highest BCUT2D eigenvalue weighted by Gasteiger charge is 2.34. The predicted molar refractivity (Wildman–Crippen MR) is 112 cm³/mol. The van der Waals surface area contributed by atoms with Gasteiger partial charge in [0.2, 0.25) is 0 Å². The summed E-state index contributed by atoms with van der Waals surface area (Å²) in [5.74, 6) is -0.377. The third-order valence-electron chi connectivity index (χ3n) is 5.42. The number of amides is 2. The molecule has 2 aliphatic carbocycles. The van der Waals surface area contributed by atoms with E-state index in [0.29, 0.717) is 23.4 Å². The number of rotatable bonds is 8. The van der Waals surface area contributed by atoms with Crippen LogP contribution in [0.15, 0.2) is 42.5 Å². The maximum Gasteiger partial charge on any atom is 0.293 e. The molecule has 2 saturated carbocycles. The summed E-state index contributed by atoms with van der Waals surface area (Å²) in [6.07, 6.45) is 3.86. The fourth-order valence-corrected chi connectivity index (χ4v) is 3.41. The molecule has 0 aliphatic heterocycles. The van der Waals surface area contributed by atoms with Gasteiger partial charge >= 0.3 is 0 Å². The Bertz CT molecular complexity index is 981. The normalized spacial score (nSPS) is 15.4. The van der Waals surface area contributed by atoms with E-state index in [1.165, 1.54) is 6.07 Å². The van der Waals surface area contributed by atoms with E-state index in [1.807, 2.05) is 12.1 Å². The molecule has 0 aromatic heterocycles. The number of nitrogens with one attached hydrogen (secondary N) is 2. The van der Waals surface area contributed by atoms with Crippen molar-refractivity contribution in [3.8, 4) is 0 Å². The van der Waals surface area contributed by atoms with Gasteiger partial charge in [0.15, 0.2) is 0 Å². The second-order valence-corrected chi connectivity index (χ2v) is 7.85. The average molecular weight is 408 g/mol. The van der Waals surface area contributed by atoms with Crippen molar-refractivity contribution in [2.75, 3.05) is 12.4 Å². The monoisotopic (exact) mass is 408 g/mol. The fourth-order valence-electron chi connectivity index (χ4n) is 3.41. The fraction of sp³-hybridized carbons (Fsp3) is 0.364. The molecule has 2 N–H and O–H groups in total. The first-order chi connectivity index (χ1) is 14.5. The zero-order chi connectivity index (χ0) is 21.3. The third-order valence-corrected chi connectivity index (χ3v) is 5.42. The van der Waals surface area contributed by atoms with Crippen LogP contribution in [0.3, 0.4) is 0 Å². The van der Waals surface area contributed by atoms with E-state index < -0.39 is 4.92 Å². The van der Waals surface area contributed by atoms with Gasteiger partial charge < -0.3 is 15.5 Å². The Balaban J connectivity index is 1.54. The van der Waals surface area contributed by atoms with Crippen molar-refractivity contribution in [2.24, 2.45) is 0 Å². The molecule has 2 aromatic rings. The Kier molecular flexibility index (Phi) is 5.39. The molecule has 0 unspecified atom stereocenters.